The highest BCUT2D eigenvalue weighted by atomic mass is 32.1. The van der Waals surface area contributed by atoms with E-state index in [4.69, 9.17) is 4.74 Å². The van der Waals surface area contributed by atoms with Crippen LogP contribution < -0.4 is 20.5 Å². The maximum atomic E-state index is 12.3. The summed E-state index contributed by atoms with van der Waals surface area (Å²) in [7, 11) is 1.77. The molecule has 160 valence electrons. The molecule has 0 unspecified atom stereocenters. The Labute approximate surface area is 179 Å². The number of aryl methyl sites for hydroxylation is 1. The molecule has 2 heterocycles. The number of anilines is 1. The number of hydrogen-bond acceptors (Lipinski definition) is 7. The highest BCUT2D eigenvalue weighted by molar-refractivity contribution is 7.20. The van der Waals surface area contributed by atoms with Crippen LogP contribution in [0.5, 0.6) is 5.75 Å². The van der Waals surface area contributed by atoms with Gasteiger partial charge in [0.15, 0.2) is 0 Å². The average Bonchev–Trinajstić information content (AvgIpc) is 3.12. The van der Waals surface area contributed by atoms with E-state index in [0.717, 1.165) is 29.8 Å². The number of nitrogens with one attached hydrogen (secondary N) is 1. The Bertz CT molecular complexity index is 1060. The molecule has 0 aliphatic heterocycles. The van der Waals surface area contributed by atoms with Gasteiger partial charge in [0.25, 0.3) is 5.56 Å². The molecule has 0 saturated heterocycles. The lowest BCUT2D eigenvalue weighted by Gasteiger charge is -2.15. The summed E-state index contributed by atoms with van der Waals surface area (Å²) >= 11 is 1.30. The van der Waals surface area contributed by atoms with Gasteiger partial charge in [0.2, 0.25) is 16.0 Å². The standard InChI is InChI=1S/C21H27N5O3S/c1-5-6-16-11-19(28)26-20(23-16)30-21(24-26)25(4)13-18(27)22-12-15-7-9-17(10-8-15)29-14(2)3/h7-11,14H,5-6,12-13H2,1-4H3,(H,22,27). The molecular formula is C21H27N5O3S. The number of benzene rings is 1. The van der Waals surface area contributed by atoms with E-state index < -0.39 is 0 Å². The molecule has 0 bridgehead atoms. The molecule has 30 heavy (non-hydrogen) atoms. The molecule has 8 nitrogen and oxygen atoms in total. The summed E-state index contributed by atoms with van der Waals surface area (Å²) in [5.74, 6) is 0.674. The molecule has 1 amide bonds. The van der Waals surface area contributed by atoms with E-state index in [-0.39, 0.29) is 24.1 Å². The zero-order valence-electron chi connectivity index (χ0n) is 17.7. The maximum Gasteiger partial charge on any atom is 0.275 e. The molecule has 3 rings (SSSR count). The van der Waals surface area contributed by atoms with Crippen LogP contribution in [0.1, 0.15) is 38.4 Å². The number of nitrogens with zero attached hydrogens (tertiary/aromatic N) is 4. The predicted octanol–water partition coefficient (Wildman–Crippen LogP) is 2.64. The lowest BCUT2D eigenvalue weighted by Crippen LogP contribution is -2.34. The molecule has 2 aromatic heterocycles. The fraction of sp³-hybridized carbons (Fsp3) is 0.429. The van der Waals surface area contributed by atoms with Gasteiger partial charge in [-0.2, -0.15) is 4.52 Å². The Balaban J connectivity index is 1.58. The van der Waals surface area contributed by atoms with E-state index in [1.54, 1.807) is 11.9 Å². The second kappa shape index (κ2) is 9.71. The minimum Gasteiger partial charge on any atom is -0.491 e. The summed E-state index contributed by atoms with van der Waals surface area (Å²) in [5.41, 5.74) is 1.55. The van der Waals surface area contributed by atoms with Crippen molar-refractivity contribution in [2.24, 2.45) is 0 Å². The van der Waals surface area contributed by atoms with E-state index in [1.807, 2.05) is 45.0 Å². The summed E-state index contributed by atoms with van der Waals surface area (Å²) in [5, 5.41) is 7.78. The largest absolute Gasteiger partial charge is 0.491 e. The molecule has 0 spiro atoms. The molecule has 0 atom stereocenters. The van der Waals surface area contributed by atoms with Crippen LogP contribution in [0, 0.1) is 0 Å². The number of hydrogen-bond donors (Lipinski definition) is 1. The highest BCUT2D eigenvalue weighted by Gasteiger charge is 2.14. The van der Waals surface area contributed by atoms with Crippen molar-refractivity contribution < 1.29 is 9.53 Å². The Kier molecular flexibility index (Phi) is 7.04. The minimum atomic E-state index is -0.200. The SMILES string of the molecule is CCCc1cc(=O)n2nc(N(C)CC(=O)NCc3ccc(OC(C)C)cc3)sc2n1. The van der Waals surface area contributed by atoms with E-state index in [1.165, 1.54) is 21.9 Å². The summed E-state index contributed by atoms with van der Waals surface area (Å²) in [6, 6.07) is 9.17. The van der Waals surface area contributed by atoms with Gasteiger partial charge in [-0.05, 0) is 38.0 Å². The third-order valence-corrected chi connectivity index (χ3v) is 5.31. The van der Waals surface area contributed by atoms with Crippen molar-refractivity contribution >= 4 is 27.3 Å². The van der Waals surface area contributed by atoms with Crippen molar-refractivity contribution in [3.05, 3.63) is 51.9 Å². The first-order chi connectivity index (χ1) is 14.4. The van der Waals surface area contributed by atoms with Gasteiger partial charge in [-0.25, -0.2) is 4.98 Å². The van der Waals surface area contributed by atoms with Gasteiger partial charge in [-0.1, -0.05) is 36.8 Å². The van der Waals surface area contributed by atoms with Crippen LogP contribution in [-0.2, 0) is 17.8 Å². The molecule has 0 radical (unpaired) electrons. The number of likely N-dealkylation sites (N-methyl/N-ethyl adjacent to an activating group) is 1. The fourth-order valence-corrected chi connectivity index (χ4v) is 3.77. The van der Waals surface area contributed by atoms with Gasteiger partial charge in [0.1, 0.15) is 5.75 Å². The quantitative estimate of drug-likeness (QED) is 0.563. The first-order valence-electron chi connectivity index (χ1n) is 9.99. The van der Waals surface area contributed by atoms with Crippen LogP contribution in [0.2, 0.25) is 0 Å². The molecular weight excluding hydrogens is 402 g/mol. The molecule has 0 aliphatic rings. The van der Waals surface area contributed by atoms with Crippen LogP contribution >= 0.6 is 11.3 Å². The van der Waals surface area contributed by atoms with Crippen LogP contribution in [0.25, 0.3) is 4.96 Å². The number of amides is 1. The lowest BCUT2D eigenvalue weighted by atomic mass is 10.2. The zero-order valence-corrected chi connectivity index (χ0v) is 18.5. The summed E-state index contributed by atoms with van der Waals surface area (Å²) in [6.45, 7) is 6.56. The van der Waals surface area contributed by atoms with E-state index in [2.05, 4.69) is 15.4 Å². The number of rotatable bonds is 9. The molecule has 0 aliphatic carbocycles. The molecule has 0 saturated carbocycles. The number of aromatic nitrogens is 3. The number of ether oxygens (including phenoxy) is 1. The van der Waals surface area contributed by atoms with Gasteiger partial charge in [0, 0.05) is 25.4 Å². The number of carbonyl (C=O) groups excluding carboxylic acids is 1. The van der Waals surface area contributed by atoms with Crippen LogP contribution in [0.4, 0.5) is 5.13 Å². The van der Waals surface area contributed by atoms with Crippen LogP contribution in [-0.4, -0.2) is 40.2 Å². The number of fused-ring (bicyclic) bond motifs is 1. The second-order valence-corrected chi connectivity index (χ2v) is 8.29. The normalized spacial score (nSPS) is 11.1. The van der Waals surface area contributed by atoms with Crippen molar-refractivity contribution in [2.45, 2.75) is 46.3 Å². The number of carbonyl (C=O) groups is 1. The molecule has 9 heteroatoms. The zero-order chi connectivity index (χ0) is 21.7. The first kappa shape index (κ1) is 21.8. The molecule has 1 N–H and O–H groups in total. The van der Waals surface area contributed by atoms with Gasteiger partial charge in [-0.15, -0.1) is 5.10 Å². The van der Waals surface area contributed by atoms with Gasteiger partial charge < -0.3 is 15.0 Å². The van der Waals surface area contributed by atoms with Crippen molar-refractivity contribution in [3.8, 4) is 5.75 Å². The Hall–Kier alpha value is -2.94. The van der Waals surface area contributed by atoms with Crippen LogP contribution in [0.15, 0.2) is 35.1 Å². The second-order valence-electron chi connectivity index (χ2n) is 7.36. The van der Waals surface area contributed by atoms with Crippen molar-refractivity contribution in [1.29, 1.82) is 0 Å². The van der Waals surface area contributed by atoms with Crippen LogP contribution in [0.3, 0.4) is 0 Å². The van der Waals surface area contributed by atoms with E-state index in [0.29, 0.717) is 16.6 Å². The monoisotopic (exact) mass is 429 g/mol. The summed E-state index contributed by atoms with van der Waals surface area (Å²) in [4.78, 5) is 31.3. The van der Waals surface area contributed by atoms with E-state index in [9.17, 15) is 9.59 Å². The first-order valence-corrected chi connectivity index (χ1v) is 10.8. The third kappa shape index (κ3) is 5.56. The third-order valence-electron chi connectivity index (χ3n) is 4.29. The molecule has 0 fully saturated rings. The summed E-state index contributed by atoms with van der Waals surface area (Å²) in [6.07, 6.45) is 1.79. The average molecular weight is 430 g/mol. The van der Waals surface area contributed by atoms with Crippen molar-refractivity contribution in [1.82, 2.24) is 19.9 Å². The Morgan fingerprint density at radius 1 is 1.30 bits per heavy atom. The topological polar surface area (TPSA) is 88.8 Å². The van der Waals surface area contributed by atoms with Crippen molar-refractivity contribution in [2.75, 3.05) is 18.5 Å². The van der Waals surface area contributed by atoms with Gasteiger partial charge in [-0.3, -0.25) is 9.59 Å². The molecule has 1 aromatic carbocycles. The fourth-order valence-electron chi connectivity index (χ4n) is 2.88. The Morgan fingerprint density at radius 3 is 2.70 bits per heavy atom. The van der Waals surface area contributed by atoms with E-state index >= 15 is 0 Å². The van der Waals surface area contributed by atoms with Gasteiger partial charge >= 0.3 is 0 Å². The maximum absolute atomic E-state index is 12.3. The Morgan fingerprint density at radius 2 is 2.03 bits per heavy atom. The minimum absolute atomic E-state index is 0.123. The smallest absolute Gasteiger partial charge is 0.275 e. The van der Waals surface area contributed by atoms with Gasteiger partial charge in [0.05, 0.1) is 12.6 Å². The lowest BCUT2D eigenvalue weighted by molar-refractivity contribution is -0.119. The van der Waals surface area contributed by atoms with Crippen molar-refractivity contribution in [3.63, 3.8) is 0 Å². The molecule has 3 aromatic rings. The highest BCUT2D eigenvalue weighted by Crippen LogP contribution is 2.20. The predicted molar refractivity (Wildman–Crippen MR) is 118 cm³/mol. The summed E-state index contributed by atoms with van der Waals surface area (Å²) < 4.78 is 6.91.